The van der Waals surface area contributed by atoms with E-state index in [0.29, 0.717) is 26.3 Å². The van der Waals surface area contributed by atoms with Crippen molar-refractivity contribution in [2.45, 2.75) is 32.5 Å². The van der Waals surface area contributed by atoms with Crippen molar-refractivity contribution in [2.75, 3.05) is 26.3 Å². The maximum absolute atomic E-state index is 12.7. The lowest BCUT2D eigenvalue weighted by Crippen LogP contribution is -2.47. The third kappa shape index (κ3) is 2.34. The van der Waals surface area contributed by atoms with Crippen LogP contribution in [-0.4, -0.2) is 42.9 Å². The maximum Gasteiger partial charge on any atom is 0.254 e. The molecule has 0 aliphatic carbocycles. The Balaban J connectivity index is 1.73. The first-order valence-corrected chi connectivity index (χ1v) is 7.25. The molecule has 0 bridgehead atoms. The van der Waals surface area contributed by atoms with Crippen molar-refractivity contribution in [1.82, 2.24) is 4.90 Å². The van der Waals surface area contributed by atoms with Crippen LogP contribution < -0.4 is 0 Å². The molecular weight excluding hydrogens is 254 g/mol. The number of carbonyl (C=O) groups is 1. The first-order chi connectivity index (χ1) is 9.61. The van der Waals surface area contributed by atoms with Crippen LogP contribution >= 0.6 is 0 Å². The summed E-state index contributed by atoms with van der Waals surface area (Å²) >= 11 is 0. The summed E-state index contributed by atoms with van der Waals surface area (Å²) in [6.07, 6.45) is 1.54. The van der Waals surface area contributed by atoms with Crippen molar-refractivity contribution in [2.24, 2.45) is 0 Å². The number of likely N-dealkylation sites (tertiary alicyclic amines) is 1. The van der Waals surface area contributed by atoms with E-state index < -0.39 is 5.79 Å². The molecule has 4 nitrogen and oxygen atoms in total. The van der Waals surface area contributed by atoms with Gasteiger partial charge in [-0.3, -0.25) is 4.79 Å². The smallest absolute Gasteiger partial charge is 0.254 e. The highest BCUT2D eigenvalue weighted by atomic mass is 16.7. The molecule has 4 heteroatoms. The molecule has 0 saturated carbocycles. The third-order valence-corrected chi connectivity index (χ3v) is 4.32. The Kier molecular flexibility index (Phi) is 3.52. The molecule has 2 aliphatic rings. The van der Waals surface area contributed by atoms with Crippen LogP contribution in [0.5, 0.6) is 0 Å². The molecule has 0 radical (unpaired) electrons. The molecule has 1 aromatic carbocycles. The predicted molar refractivity (Wildman–Crippen MR) is 75.7 cm³/mol. The van der Waals surface area contributed by atoms with Crippen LogP contribution in [0.4, 0.5) is 0 Å². The van der Waals surface area contributed by atoms with Gasteiger partial charge < -0.3 is 14.4 Å². The zero-order valence-electron chi connectivity index (χ0n) is 12.1. The molecule has 3 rings (SSSR count). The minimum absolute atomic E-state index is 0.133. The van der Waals surface area contributed by atoms with Gasteiger partial charge in [0.25, 0.3) is 5.91 Å². The van der Waals surface area contributed by atoms with Crippen LogP contribution in [0.2, 0.25) is 0 Å². The molecule has 1 amide bonds. The molecule has 2 aliphatic heterocycles. The summed E-state index contributed by atoms with van der Waals surface area (Å²) in [6, 6.07) is 5.98. The molecule has 2 fully saturated rings. The maximum atomic E-state index is 12.7. The number of carbonyl (C=O) groups excluding carboxylic acids is 1. The highest BCUT2D eigenvalue weighted by Gasteiger charge is 2.41. The summed E-state index contributed by atoms with van der Waals surface area (Å²) in [7, 11) is 0. The lowest BCUT2D eigenvalue weighted by atomic mass is 9.98. The number of aryl methyl sites for hydroxylation is 2. The minimum atomic E-state index is -0.419. The van der Waals surface area contributed by atoms with Crippen molar-refractivity contribution >= 4 is 5.91 Å². The van der Waals surface area contributed by atoms with Crippen LogP contribution in [-0.2, 0) is 9.47 Å². The Morgan fingerprint density at radius 1 is 1.10 bits per heavy atom. The summed E-state index contributed by atoms with van der Waals surface area (Å²) in [6.45, 7) is 6.73. The van der Waals surface area contributed by atoms with E-state index in [9.17, 15) is 4.79 Å². The molecule has 0 N–H and O–H groups in total. The molecule has 108 valence electrons. The summed E-state index contributed by atoms with van der Waals surface area (Å²) in [5.74, 6) is -0.286. The Labute approximate surface area is 119 Å². The van der Waals surface area contributed by atoms with Gasteiger partial charge in [0.1, 0.15) is 0 Å². The van der Waals surface area contributed by atoms with E-state index in [0.717, 1.165) is 29.5 Å². The first-order valence-electron chi connectivity index (χ1n) is 7.25. The number of ether oxygens (including phenoxy) is 2. The highest BCUT2D eigenvalue weighted by Crippen LogP contribution is 2.32. The number of hydrogen-bond donors (Lipinski definition) is 0. The van der Waals surface area contributed by atoms with Gasteiger partial charge >= 0.3 is 0 Å². The molecule has 1 spiro atoms. The van der Waals surface area contributed by atoms with Gasteiger partial charge in [-0.05, 0) is 25.0 Å². The lowest BCUT2D eigenvalue weighted by molar-refractivity contribution is -0.181. The summed E-state index contributed by atoms with van der Waals surface area (Å²) in [4.78, 5) is 14.6. The van der Waals surface area contributed by atoms with E-state index in [1.54, 1.807) is 0 Å². The molecule has 1 aromatic rings. The SMILES string of the molecule is Cc1cccc(C)c1C(=O)N1CCC2(CC1)OCCO2. The highest BCUT2D eigenvalue weighted by molar-refractivity contribution is 5.97. The van der Waals surface area contributed by atoms with E-state index in [2.05, 4.69) is 0 Å². The van der Waals surface area contributed by atoms with Gasteiger partial charge in [-0.2, -0.15) is 0 Å². The Morgan fingerprint density at radius 2 is 1.65 bits per heavy atom. The van der Waals surface area contributed by atoms with Crippen molar-refractivity contribution in [3.8, 4) is 0 Å². The standard InChI is InChI=1S/C16H21NO3/c1-12-4-3-5-13(2)14(12)15(18)17-8-6-16(7-9-17)19-10-11-20-16/h3-5H,6-11H2,1-2H3. The molecule has 0 aromatic heterocycles. The Bertz CT molecular complexity index is 490. The number of amides is 1. The summed E-state index contributed by atoms with van der Waals surface area (Å²) < 4.78 is 11.4. The number of rotatable bonds is 1. The fourth-order valence-electron chi connectivity index (χ4n) is 3.15. The van der Waals surface area contributed by atoms with Crippen molar-refractivity contribution in [1.29, 1.82) is 0 Å². The van der Waals surface area contributed by atoms with Crippen molar-refractivity contribution in [3.05, 3.63) is 34.9 Å². The normalized spacial score (nSPS) is 21.4. The van der Waals surface area contributed by atoms with Crippen LogP contribution in [0.15, 0.2) is 18.2 Å². The van der Waals surface area contributed by atoms with Crippen molar-refractivity contribution < 1.29 is 14.3 Å². The monoisotopic (exact) mass is 275 g/mol. The zero-order valence-corrected chi connectivity index (χ0v) is 12.1. The van der Waals surface area contributed by atoms with Gasteiger partial charge in [0.2, 0.25) is 0 Å². The largest absolute Gasteiger partial charge is 0.347 e. The topological polar surface area (TPSA) is 38.8 Å². The van der Waals surface area contributed by atoms with Crippen LogP contribution in [0.1, 0.15) is 34.3 Å². The van der Waals surface area contributed by atoms with E-state index in [-0.39, 0.29) is 5.91 Å². The van der Waals surface area contributed by atoms with Gasteiger partial charge in [0, 0.05) is 31.5 Å². The average molecular weight is 275 g/mol. The molecular formula is C16H21NO3. The number of benzene rings is 1. The lowest BCUT2D eigenvalue weighted by Gasteiger charge is -2.37. The first kappa shape index (κ1) is 13.6. The molecule has 0 atom stereocenters. The second-order valence-corrected chi connectivity index (χ2v) is 5.67. The number of piperidine rings is 1. The fourth-order valence-corrected chi connectivity index (χ4v) is 3.15. The zero-order chi connectivity index (χ0) is 14.2. The fraction of sp³-hybridized carbons (Fsp3) is 0.562. The van der Waals surface area contributed by atoms with Gasteiger partial charge in [0.05, 0.1) is 13.2 Å². The Morgan fingerprint density at radius 3 is 2.20 bits per heavy atom. The second-order valence-electron chi connectivity index (χ2n) is 5.67. The quantitative estimate of drug-likeness (QED) is 0.789. The minimum Gasteiger partial charge on any atom is -0.347 e. The number of hydrogen-bond acceptors (Lipinski definition) is 3. The second kappa shape index (κ2) is 5.19. The summed E-state index contributed by atoms with van der Waals surface area (Å²) in [5.41, 5.74) is 2.93. The van der Waals surface area contributed by atoms with E-state index in [4.69, 9.17) is 9.47 Å². The third-order valence-electron chi connectivity index (χ3n) is 4.32. The van der Waals surface area contributed by atoms with E-state index in [1.165, 1.54) is 0 Å². The van der Waals surface area contributed by atoms with E-state index >= 15 is 0 Å². The van der Waals surface area contributed by atoms with Gasteiger partial charge in [-0.25, -0.2) is 0 Å². The molecule has 2 saturated heterocycles. The van der Waals surface area contributed by atoms with Gasteiger partial charge in [-0.15, -0.1) is 0 Å². The molecule has 2 heterocycles. The van der Waals surface area contributed by atoms with Crippen LogP contribution in [0.25, 0.3) is 0 Å². The predicted octanol–water partition coefficient (Wildman–Crippen LogP) is 2.28. The van der Waals surface area contributed by atoms with E-state index in [1.807, 2.05) is 36.9 Å². The summed E-state index contributed by atoms with van der Waals surface area (Å²) in [5, 5.41) is 0. The Hall–Kier alpha value is -1.39. The number of nitrogens with zero attached hydrogens (tertiary/aromatic N) is 1. The van der Waals surface area contributed by atoms with Gasteiger partial charge in [0.15, 0.2) is 5.79 Å². The van der Waals surface area contributed by atoms with Crippen LogP contribution in [0, 0.1) is 13.8 Å². The molecule has 20 heavy (non-hydrogen) atoms. The average Bonchev–Trinajstić information content (AvgIpc) is 2.87. The van der Waals surface area contributed by atoms with Crippen LogP contribution in [0.3, 0.4) is 0 Å². The van der Waals surface area contributed by atoms with Crippen molar-refractivity contribution in [3.63, 3.8) is 0 Å². The molecule has 0 unspecified atom stereocenters. The van der Waals surface area contributed by atoms with Gasteiger partial charge in [-0.1, -0.05) is 18.2 Å².